The number of aryl methyl sites for hydroxylation is 1. The minimum Gasteiger partial charge on any atom is -0.380 e. The third kappa shape index (κ3) is 15.6. The van der Waals surface area contributed by atoms with E-state index in [0.717, 1.165) is 99.8 Å². The molecule has 434 valence electrons. The molecular formula is C59H70ClF3N8O7S3. The fourth-order valence-corrected chi connectivity index (χ4v) is 14.3. The first-order valence-electron chi connectivity index (χ1n) is 27.5. The van der Waals surface area contributed by atoms with Gasteiger partial charge in [0.15, 0.2) is 0 Å². The molecule has 5 aromatic rings. The smallest absolute Gasteiger partial charge is 0.380 e. The molecule has 1 unspecified atom stereocenters. The molecule has 2 N–H and O–H groups in total. The van der Waals surface area contributed by atoms with Gasteiger partial charge in [-0.25, -0.2) is 21.6 Å². The van der Waals surface area contributed by atoms with Gasteiger partial charge in [-0.05, 0) is 134 Å². The summed E-state index contributed by atoms with van der Waals surface area (Å²) in [6.45, 7) is 15.0. The van der Waals surface area contributed by atoms with Crippen molar-refractivity contribution in [3.05, 3.63) is 148 Å². The van der Waals surface area contributed by atoms with Crippen molar-refractivity contribution in [1.82, 2.24) is 29.3 Å². The van der Waals surface area contributed by atoms with Crippen LogP contribution in [0.2, 0.25) is 5.02 Å². The van der Waals surface area contributed by atoms with Crippen molar-refractivity contribution in [2.75, 3.05) is 114 Å². The van der Waals surface area contributed by atoms with Gasteiger partial charge < -0.3 is 24.8 Å². The summed E-state index contributed by atoms with van der Waals surface area (Å²) >= 11 is 7.78. The molecule has 4 aliphatic rings. The summed E-state index contributed by atoms with van der Waals surface area (Å²) in [5, 5.41) is 3.71. The summed E-state index contributed by atoms with van der Waals surface area (Å²) in [5.41, 5.74) is 0.0893. The largest absolute Gasteiger partial charge is 0.501 e. The zero-order valence-corrected chi connectivity index (χ0v) is 48.9. The molecule has 1 aliphatic carbocycles. The maximum absolute atomic E-state index is 14.3. The van der Waals surface area contributed by atoms with Crippen LogP contribution in [0.25, 0.3) is 5.57 Å². The molecule has 1 aromatic heterocycles. The Kier molecular flexibility index (Phi) is 19.6. The molecule has 0 spiro atoms. The number of ether oxygens (including phenoxy) is 1. The molecule has 2 atom stereocenters. The topological polar surface area (TPSA) is 165 Å². The van der Waals surface area contributed by atoms with E-state index in [1.807, 2.05) is 65.1 Å². The van der Waals surface area contributed by atoms with Gasteiger partial charge >= 0.3 is 5.51 Å². The van der Waals surface area contributed by atoms with Crippen LogP contribution in [0, 0.1) is 12.3 Å². The number of anilines is 2. The van der Waals surface area contributed by atoms with E-state index in [4.69, 9.17) is 16.3 Å². The number of piperazine rings is 2. The van der Waals surface area contributed by atoms with E-state index in [1.54, 1.807) is 24.4 Å². The van der Waals surface area contributed by atoms with Gasteiger partial charge in [0.1, 0.15) is 10.6 Å². The van der Waals surface area contributed by atoms with Crippen LogP contribution in [0.15, 0.2) is 136 Å². The number of nitrogens with one attached hydrogen (secondary N) is 2. The molecule has 22 heteroatoms. The van der Waals surface area contributed by atoms with Crippen molar-refractivity contribution >= 4 is 72.0 Å². The molecule has 3 saturated heterocycles. The summed E-state index contributed by atoms with van der Waals surface area (Å²) < 4.78 is 104. The lowest BCUT2D eigenvalue weighted by Gasteiger charge is -2.44. The van der Waals surface area contributed by atoms with Crippen LogP contribution >= 0.6 is 23.4 Å². The molecule has 0 bridgehead atoms. The van der Waals surface area contributed by atoms with E-state index in [-0.39, 0.29) is 16.9 Å². The summed E-state index contributed by atoms with van der Waals surface area (Å²) in [4.78, 5) is 41.2. The number of sulfonamides is 1. The molecule has 4 aromatic carbocycles. The zero-order valence-electron chi connectivity index (χ0n) is 45.7. The number of allylic oxidation sites excluding steroid dienone is 1. The number of aromatic nitrogens is 1. The number of benzene rings is 4. The lowest BCUT2D eigenvalue weighted by atomic mass is 9.71. The Bertz CT molecular complexity index is 3230. The molecule has 9 rings (SSSR count). The van der Waals surface area contributed by atoms with E-state index >= 15 is 0 Å². The first-order valence-corrected chi connectivity index (χ1v) is 31.8. The second kappa shape index (κ2) is 26.4. The number of thioether (sulfide) groups is 1. The maximum atomic E-state index is 14.3. The Morgan fingerprint density at radius 2 is 1.53 bits per heavy atom. The molecule has 15 nitrogen and oxygen atoms in total. The first-order chi connectivity index (χ1) is 38.7. The fourth-order valence-electron chi connectivity index (χ4n) is 11.1. The minimum absolute atomic E-state index is 0.0194. The van der Waals surface area contributed by atoms with E-state index in [0.29, 0.717) is 81.4 Å². The van der Waals surface area contributed by atoms with Gasteiger partial charge in [-0.1, -0.05) is 60.5 Å². The third-order valence-corrected chi connectivity index (χ3v) is 19.9. The first kappa shape index (κ1) is 60.1. The number of hydrogen-bond acceptors (Lipinski definition) is 14. The Hall–Kier alpha value is -5.52. The van der Waals surface area contributed by atoms with Gasteiger partial charge in [0.25, 0.3) is 31.7 Å². The Labute approximate surface area is 483 Å². The average molecular weight is 1190 g/mol. The molecule has 3 fully saturated rings. The molecule has 2 amide bonds. The van der Waals surface area contributed by atoms with Crippen LogP contribution < -0.4 is 14.9 Å². The normalized spacial score (nSPS) is 19.7. The Balaban J connectivity index is 0.827. The minimum atomic E-state index is -6.09. The highest BCUT2D eigenvalue weighted by molar-refractivity contribution is 7.99. The van der Waals surface area contributed by atoms with E-state index < -0.39 is 52.8 Å². The third-order valence-electron chi connectivity index (χ3n) is 15.7. The number of carbonyl (C=O) groups excluding carboxylic acids is 2. The molecular weight excluding hydrogens is 1120 g/mol. The predicted octanol–water partition coefficient (Wildman–Crippen LogP) is 9.36. The van der Waals surface area contributed by atoms with Crippen LogP contribution in [0.5, 0.6) is 0 Å². The van der Waals surface area contributed by atoms with Crippen LogP contribution in [0.1, 0.15) is 71.0 Å². The number of pyridine rings is 1. The highest BCUT2D eigenvalue weighted by atomic mass is 35.5. The van der Waals surface area contributed by atoms with E-state index in [2.05, 4.69) is 49.0 Å². The van der Waals surface area contributed by atoms with Gasteiger partial charge in [0.05, 0.1) is 17.2 Å². The highest BCUT2D eigenvalue weighted by Gasteiger charge is 2.49. The molecule has 0 saturated carbocycles. The van der Waals surface area contributed by atoms with Crippen molar-refractivity contribution in [3.63, 3.8) is 0 Å². The summed E-state index contributed by atoms with van der Waals surface area (Å²) in [6, 6.07) is 29.5. The lowest BCUT2D eigenvalue weighted by molar-refractivity contribution is -0.0436. The standard InChI is InChI=1S/C59H70ClF3N8O7S3/c1-43-9-19-54(64-39-43)57(73)71-32-28-69(29-33-71)42-58(2)23-21-52(44-10-14-47(60)15-11-44)46(38-58)40-68-26-30-70(31-27-68)49-16-12-45(13-17-49)56(72)66-81(76,77)51-18-20-53(55(37-51)80(74,75)59(61,62)63)65-48(41-79-50-7-4-3-5-8-50)22-25-67-24-6-35-78-36-34-67/h3-5,7-20,37,39,48,65H,6,21-36,38,40-42H2,1-2H3,(H,66,72)/t48?,58-/m1/s1. The Morgan fingerprint density at radius 3 is 2.22 bits per heavy atom. The fraction of sp³-hybridized carbons (Fsp3) is 0.441. The lowest BCUT2D eigenvalue weighted by Crippen LogP contribution is -2.51. The van der Waals surface area contributed by atoms with E-state index in [9.17, 15) is 39.6 Å². The van der Waals surface area contributed by atoms with Crippen molar-refractivity contribution in [1.29, 1.82) is 0 Å². The van der Waals surface area contributed by atoms with Gasteiger partial charge in [-0.2, -0.15) is 13.2 Å². The second-order valence-corrected chi connectivity index (χ2v) is 26.9. The van der Waals surface area contributed by atoms with Crippen LogP contribution in [-0.2, 0) is 24.6 Å². The van der Waals surface area contributed by atoms with Crippen molar-refractivity contribution in [2.45, 2.75) is 72.2 Å². The van der Waals surface area contributed by atoms with Crippen LogP contribution in [0.4, 0.5) is 24.5 Å². The number of rotatable bonds is 19. The van der Waals surface area contributed by atoms with Gasteiger partial charge in [-0.3, -0.25) is 24.4 Å². The van der Waals surface area contributed by atoms with Gasteiger partial charge in [0, 0.05) is 131 Å². The van der Waals surface area contributed by atoms with Crippen molar-refractivity contribution in [2.24, 2.45) is 5.41 Å². The number of sulfone groups is 1. The predicted molar refractivity (Wildman–Crippen MR) is 312 cm³/mol. The van der Waals surface area contributed by atoms with Crippen LogP contribution in [-0.4, -0.2) is 169 Å². The van der Waals surface area contributed by atoms with Crippen molar-refractivity contribution in [3.8, 4) is 0 Å². The monoisotopic (exact) mass is 1190 g/mol. The number of hydrogen-bond donors (Lipinski definition) is 2. The SMILES string of the molecule is Cc1ccc(C(=O)N2CCN(C[C@]3(C)CCC(c4ccc(Cl)cc4)=C(CN4CCN(c5ccc(C(=O)NS(=O)(=O)c6ccc(NC(CCN7CCCOCC7)CSc7ccccc7)c(S(=O)(=O)C(F)(F)F)c6)cc5)CC4)C3)CC2)nc1. The summed E-state index contributed by atoms with van der Waals surface area (Å²) in [7, 11) is -11.0. The number of amides is 2. The quantitative estimate of drug-likeness (QED) is 0.0752. The Morgan fingerprint density at radius 1 is 0.815 bits per heavy atom. The summed E-state index contributed by atoms with van der Waals surface area (Å²) in [6.07, 6.45) is 5.87. The second-order valence-electron chi connectivity index (χ2n) is 21.8. The molecule has 0 radical (unpaired) electrons. The maximum Gasteiger partial charge on any atom is 0.501 e. The summed E-state index contributed by atoms with van der Waals surface area (Å²) in [5.74, 6) is -0.711. The zero-order chi connectivity index (χ0) is 57.4. The molecule has 81 heavy (non-hydrogen) atoms. The number of halogens is 4. The van der Waals surface area contributed by atoms with E-state index in [1.165, 1.54) is 40.6 Å². The van der Waals surface area contributed by atoms with Crippen LogP contribution in [0.3, 0.4) is 0 Å². The highest BCUT2D eigenvalue weighted by Crippen LogP contribution is 2.44. The molecule has 4 heterocycles. The average Bonchev–Trinajstić information content (AvgIpc) is 3.90. The van der Waals surface area contributed by atoms with Gasteiger partial charge in [-0.15, -0.1) is 11.8 Å². The number of carbonyl (C=O) groups is 2. The van der Waals surface area contributed by atoms with Crippen molar-refractivity contribution < 1.29 is 44.3 Å². The molecule has 3 aliphatic heterocycles. The number of alkyl halides is 3. The number of nitrogens with zero attached hydrogens (tertiary/aromatic N) is 6. The van der Waals surface area contributed by atoms with Gasteiger partial charge in [0.2, 0.25) is 0 Å².